The highest BCUT2D eigenvalue weighted by atomic mass is 32.2. The van der Waals surface area contributed by atoms with Crippen LogP contribution in [0.25, 0.3) is 0 Å². The molecule has 1 aromatic rings. The minimum atomic E-state index is -3.51. The van der Waals surface area contributed by atoms with Crippen molar-refractivity contribution < 1.29 is 8.42 Å². The third-order valence-electron chi connectivity index (χ3n) is 4.07. The molecule has 1 N–H and O–H groups in total. The van der Waals surface area contributed by atoms with Crippen LogP contribution in [0.5, 0.6) is 0 Å². The molecular formula is C13H24N4O2S. The van der Waals surface area contributed by atoms with E-state index >= 15 is 0 Å². The lowest BCUT2D eigenvalue weighted by molar-refractivity contribution is 0.215. The number of nitrogens with one attached hydrogen (secondary N) is 1. The van der Waals surface area contributed by atoms with Crippen molar-refractivity contribution in [1.82, 2.24) is 19.2 Å². The molecule has 2 atom stereocenters. The van der Waals surface area contributed by atoms with Crippen LogP contribution in [-0.2, 0) is 17.1 Å². The van der Waals surface area contributed by atoms with Crippen molar-refractivity contribution in [3.63, 3.8) is 0 Å². The number of piperazine rings is 1. The standard InChI is InChI=1S/C13H24N4O2S/c1-5-11-8-17(12(6-2)7-14-11)20(18,19)13-9-16(4)10(3)15-13/h9,11-12,14H,5-8H2,1-4H3. The molecule has 1 fully saturated rings. The molecule has 1 aliphatic heterocycles. The molecule has 0 radical (unpaired) electrons. The van der Waals surface area contributed by atoms with Crippen molar-refractivity contribution in [2.24, 2.45) is 7.05 Å². The van der Waals surface area contributed by atoms with Crippen molar-refractivity contribution >= 4 is 10.0 Å². The van der Waals surface area contributed by atoms with Crippen LogP contribution in [0.15, 0.2) is 11.2 Å². The average Bonchev–Trinajstić information content (AvgIpc) is 2.78. The molecule has 0 amide bonds. The third kappa shape index (κ3) is 2.75. The number of hydrogen-bond acceptors (Lipinski definition) is 4. The Morgan fingerprint density at radius 1 is 1.40 bits per heavy atom. The summed E-state index contributed by atoms with van der Waals surface area (Å²) in [6.07, 6.45) is 3.32. The van der Waals surface area contributed by atoms with Gasteiger partial charge < -0.3 is 9.88 Å². The maximum absolute atomic E-state index is 12.8. The van der Waals surface area contributed by atoms with E-state index in [0.29, 0.717) is 18.9 Å². The van der Waals surface area contributed by atoms with E-state index in [0.717, 1.165) is 12.8 Å². The van der Waals surface area contributed by atoms with Crippen molar-refractivity contribution in [2.45, 2.75) is 50.7 Å². The Morgan fingerprint density at radius 3 is 2.60 bits per heavy atom. The Hall–Kier alpha value is -0.920. The van der Waals surface area contributed by atoms with Crippen LogP contribution in [0.4, 0.5) is 0 Å². The van der Waals surface area contributed by atoms with Gasteiger partial charge in [-0.15, -0.1) is 0 Å². The van der Waals surface area contributed by atoms with Gasteiger partial charge in [0.2, 0.25) is 0 Å². The van der Waals surface area contributed by atoms with Gasteiger partial charge in [-0.2, -0.15) is 4.31 Å². The molecule has 1 aliphatic rings. The maximum Gasteiger partial charge on any atom is 0.262 e. The van der Waals surface area contributed by atoms with Crippen LogP contribution in [0.1, 0.15) is 32.5 Å². The Morgan fingerprint density at radius 2 is 2.10 bits per heavy atom. The first-order valence-corrected chi connectivity index (χ1v) is 8.59. The van der Waals surface area contributed by atoms with E-state index in [1.807, 2.05) is 20.9 Å². The minimum absolute atomic E-state index is 0.00473. The third-order valence-corrected chi connectivity index (χ3v) is 5.86. The smallest absolute Gasteiger partial charge is 0.262 e. The van der Waals surface area contributed by atoms with Gasteiger partial charge in [0.05, 0.1) is 0 Å². The molecule has 2 rings (SSSR count). The lowest BCUT2D eigenvalue weighted by Crippen LogP contribution is -2.57. The van der Waals surface area contributed by atoms with Crippen LogP contribution in [0.2, 0.25) is 0 Å². The minimum Gasteiger partial charge on any atom is -0.337 e. The summed E-state index contributed by atoms with van der Waals surface area (Å²) in [6.45, 7) is 7.13. The van der Waals surface area contributed by atoms with E-state index in [4.69, 9.17) is 0 Å². The normalized spacial score (nSPS) is 25.0. The van der Waals surface area contributed by atoms with Gasteiger partial charge in [-0.3, -0.25) is 0 Å². The van der Waals surface area contributed by atoms with Crippen LogP contribution in [0.3, 0.4) is 0 Å². The summed E-state index contributed by atoms with van der Waals surface area (Å²) in [5, 5.41) is 3.57. The van der Waals surface area contributed by atoms with Crippen molar-refractivity contribution in [1.29, 1.82) is 0 Å². The molecule has 1 saturated heterocycles. The van der Waals surface area contributed by atoms with Gasteiger partial charge in [0.15, 0.2) is 5.03 Å². The van der Waals surface area contributed by atoms with Crippen molar-refractivity contribution in [3.05, 3.63) is 12.0 Å². The summed E-state index contributed by atoms with van der Waals surface area (Å²) >= 11 is 0. The maximum atomic E-state index is 12.8. The molecule has 114 valence electrons. The predicted molar refractivity (Wildman–Crippen MR) is 78.0 cm³/mol. The SMILES string of the molecule is CCC1CN(S(=O)(=O)c2cn(C)c(C)n2)C(CC)CN1. The number of sulfonamides is 1. The topological polar surface area (TPSA) is 67.2 Å². The monoisotopic (exact) mass is 300 g/mol. The highest BCUT2D eigenvalue weighted by Crippen LogP contribution is 2.22. The van der Waals surface area contributed by atoms with Gasteiger partial charge in [-0.25, -0.2) is 13.4 Å². The van der Waals surface area contributed by atoms with E-state index in [9.17, 15) is 8.42 Å². The summed E-state index contributed by atoms with van der Waals surface area (Å²) in [5.41, 5.74) is 0. The van der Waals surface area contributed by atoms with E-state index < -0.39 is 10.0 Å². The highest BCUT2D eigenvalue weighted by Gasteiger charge is 2.36. The van der Waals surface area contributed by atoms with Gasteiger partial charge >= 0.3 is 0 Å². The quantitative estimate of drug-likeness (QED) is 0.896. The summed E-state index contributed by atoms with van der Waals surface area (Å²) < 4.78 is 29.0. The Balaban J connectivity index is 2.34. The second-order valence-corrected chi connectivity index (χ2v) is 7.22. The van der Waals surface area contributed by atoms with Gasteiger partial charge in [0.25, 0.3) is 10.0 Å². The summed E-state index contributed by atoms with van der Waals surface area (Å²) in [5.74, 6) is 0.707. The number of aryl methyl sites for hydroxylation is 2. The fourth-order valence-corrected chi connectivity index (χ4v) is 4.29. The summed E-state index contributed by atoms with van der Waals surface area (Å²) in [6, 6.07) is 0.225. The second-order valence-electron chi connectivity index (χ2n) is 5.39. The zero-order valence-electron chi connectivity index (χ0n) is 12.6. The Bertz CT molecular complexity index is 547. The van der Waals surface area contributed by atoms with Gasteiger partial charge in [0, 0.05) is 38.4 Å². The zero-order valence-corrected chi connectivity index (χ0v) is 13.4. The first-order valence-electron chi connectivity index (χ1n) is 7.15. The van der Waals surface area contributed by atoms with E-state index in [2.05, 4.69) is 17.2 Å². The van der Waals surface area contributed by atoms with Gasteiger partial charge in [-0.1, -0.05) is 13.8 Å². The lowest BCUT2D eigenvalue weighted by atomic mass is 10.1. The molecular weight excluding hydrogens is 276 g/mol. The van der Waals surface area contributed by atoms with Crippen molar-refractivity contribution in [2.75, 3.05) is 13.1 Å². The van der Waals surface area contributed by atoms with Gasteiger partial charge in [0.1, 0.15) is 5.82 Å². The number of nitrogens with zero attached hydrogens (tertiary/aromatic N) is 3. The largest absolute Gasteiger partial charge is 0.337 e. The van der Waals surface area contributed by atoms with Gasteiger partial charge in [-0.05, 0) is 19.8 Å². The van der Waals surface area contributed by atoms with E-state index in [1.165, 1.54) is 0 Å². The van der Waals surface area contributed by atoms with E-state index in [-0.39, 0.29) is 17.1 Å². The molecule has 0 spiro atoms. The molecule has 0 aliphatic carbocycles. The lowest BCUT2D eigenvalue weighted by Gasteiger charge is -2.38. The van der Waals surface area contributed by atoms with Crippen LogP contribution in [-0.4, -0.2) is 47.4 Å². The molecule has 1 aromatic heterocycles. The molecule has 6 nitrogen and oxygen atoms in total. The number of aromatic nitrogens is 2. The number of hydrogen-bond donors (Lipinski definition) is 1. The fourth-order valence-electron chi connectivity index (χ4n) is 2.52. The first kappa shape index (κ1) is 15.5. The van der Waals surface area contributed by atoms with Crippen LogP contribution < -0.4 is 5.32 Å². The molecule has 2 unspecified atom stereocenters. The van der Waals surface area contributed by atoms with E-state index in [1.54, 1.807) is 15.1 Å². The Kier molecular flexibility index (Phi) is 4.51. The average molecular weight is 300 g/mol. The van der Waals surface area contributed by atoms with Crippen molar-refractivity contribution in [3.8, 4) is 0 Å². The van der Waals surface area contributed by atoms with Crippen LogP contribution >= 0.6 is 0 Å². The summed E-state index contributed by atoms with van der Waals surface area (Å²) in [7, 11) is -1.70. The second kappa shape index (κ2) is 5.83. The number of rotatable bonds is 4. The summed E-state index contributed by atoms with van der Waals surface area (Å²) in [4.78, 5) is 4.19. The fraction of sp³-hybridized carbons (Fsp3) is 0.769. The zero-order chi connectivity index (χ0) is 14.9. The Labute approximate surface area is 121 Å². The predicted octanol–water partition coefficient (Wildman–Crippen LogP) is 0.880. The molecule has 2 heterocycles. The highest BCUT2D eigenvalue weighted by molar-refractivity contribution is 7.89. The molecule has 0 saturated carbocycles. The number of imidazole rings is 1. The molecule has 0 bridgehead atoms. The van der Waals surface area contributed by atoms with Crippen LogP contribution in [0, 0.1) is 6.92 Å². The molecule has 0 aromatic carbocycles. The molecule has 20 heavy (non-hydrogen) atoms. The molecule has 7 heteroatoms. The first-order chi connectivity index (χ1) is 9.40.